The molecule has 0 N–H and O–H groups in total. The molecule has 0 bridgehead atoms. The van der Waals surface area contributed by atoms with Crippen molar-refractivity contribution >= 4 is 5.97 Å². The predicted molar refractivity (Wildman–Crippen MR) is 84.8 cm³/mol. The molecule has 116 valence electrons. The van der Waals surface area contributed by atoms with Crippen LogP contribution >= 0.6 is 0 Å². The predicted octanol–water partition coefficient (Wildman–Crippen LogP) is 4.09. The number of methoxy groups -OCH3 is 1. The van der Waals surface area contributed by atoms with Crippen LogP contribution in [0.3, 0.4) is 0 Å². The first-order chi connectivity index (χ1) is 10.7. The Kier molecular flexibility index (Phi) is 5.83. The fourth-order valence-electron chi connectivity index (χ4n) is 1.86. The first-order valence-corrected chi connectivity index (χ1v) is 7.32. The van der Waals surface area contributed by atoms with Crippen molar-refractivity contribution in [1.82, 2.24) is 0 Å². The molecule has 0 aliphatic carbocycles. The highest BCUT2D eigenvalue weighted by Gasteiger charge is 2.10. The van der Waals surface area contributed by atoms with Crippen LogP contribution < -0.4 is 14.2 Å². The van der Waals surface area contributed by atoms with E-state index in [9.17, 15) is 4.79 Å². The van der Waals surface area contributed by atoms with Crippen LogP contribution in [0.25, 0.3) is 0 Å². The summed E-state index contributed by atoms with van der Waals surface area (Å²) in [6, 6.07) is 13.9. The lowest BCUT2D eigenvalue weighted by molar-refractivity contribution is 0.0734. The second kappa shape index (κ2) is 8.08. The number of carbonyl (C=O) groups excluding carboxylic acids is 1. The molecule has 0 saturated carbocycles. The highest BCUT2D eigenvalue weighted by Crippen LogP contribution is 2.20. The topological polar surface area (TPSA) is 44.8 Å². The molecule has 0 aliphatic heterocycles. The van der Waals surface area contributed by atoms with Crippen LogP contribution in [0, 0.1) is 0 Å². The Bertz CT molecular complexity index is 605. The van der Waals surface area contributed by atoms with Crippen LogP contribution in [-0.2, 0) is 0 Å². The SMILES string of the molecule is CCCCOc1cccc(C(=O)Oc2ccc(OC)cc2)c1. The summed E-state index contributed by atoms with van der Waals surface area (Å²) in [5.41, 5.74) is 0.463. The first-order valence-electron chi connectivity index (χ1n) is 7.32. The summed E-state index contributed by atoms with van der Waals surface area (Å²) in [5.74, 6) is 1.46. The van der Waals surface area contributed by atoms with Crippen molar-refractivity contribution in [1.29, 1.82) is 0 Å². The minimum atomic E-state index is -0.411. The lowest BCUT2D eigenvalue weighted by Gasteiger charge is -2.08. The average molecular weight is 300 g/mol. The van der Waals surface area contributed by atoms with Crippen molar-refractivity contribution in [3.63, 3.8) is 0 Å². The van der Waals surface area contributed by atoms with E-state index in [1.165, 1.54) is 0 Å². The Labute approximate surface area is 130 Å². The lowest BCUT2D eigenvalue weighted by atomic mass is 10.2. The van der Waals surface area contributed by atoms with Crippen LogP contribution in [0.2, 0.25) is 0 Å². The fourth-order valence-corrected chi connectivity index (χ4v) is 1.86. The molecule has 2 aromatic rings. The van der Waals surface area contributed by atoms with E-state index in [0.717, 1.165) is 12.8 Å². The summed E-state index contributed by atoms with van der Waals surface area (Å²) in [6.07, 6.45) is 2.06. The molecule has 4 nitrogen and oxygen atoms in total. The number of hydrogen-bond acceptors (Lipinski definition) is 4. The van der Waals surface area contributed by atoms with Crippen LogP contribution in [0.4, 0.5) is 0 Å². The quantitative estimate of drug-likeness (QED) is 0.439. The van der Waals surface area contributed by atoms with Crippen molar-refractivity contribution in [3.05, 3.63) is 54.1 Å². The maximum atomic E-state index is 12.1. The van der Waals surface area contributed by atoms with Gasteiger partial charge in [0, 0.05) is 0 Å². The third kappa shape index (κ3) is 4.52. The number of ether oxygens (including phenoxy) is 3. The maximum Gasteiger partial charge on any atom is 0.343 e. The summed E-state index contributed by atoms with van der Waals surface area (Å²) < 4.78 is 16.0. The summed E-state index contributed by atoms with van der Waals surface area (Å²) in [7, 11) is 1.59. The Balaban J connectivity index is 2.00. The minimum absolute atomic E-state index is 0.411. The molecule has 0 saturated heterocycles. The smallest absolute Gasteiger partial charge is 0.343 e. The van der Waals surface area contributed by atoms with Crippen molar-refractivity contribution in [2.24, 2.45) is 0 Å². The molecule has 0 spiro atoms. The monoisotopic (exact) mass is 300 g/mol. The zero-order chi connectivity index (χ0) is 15.8. The number of benzene rings is 2. The molecule has 0 fully saturated rings. The van der Waals surface area contributed by atoms with Crippen molar-refractivity contribution in [2.75, 3.05) is 13.7 Å². The highest BCUT2D eigenvalue weighted by molar-refractivity contribution is 5.91. The van der Waals surface area contributed by atoms with E-state index in [1.807, 2.05) is 6.07 Å². The third-order valence-electron chi connectivity index (χ3n) is 3.11. The minimum Gasteiger partial charge on any atom is -0.497 e. The maximum absolute atomic E-state index is 12.1. The van der Waals surface area contributed by atoms with E-state index in [4.69, 9.17) is 14.2 Å². The molecule has 0 aromatic heterocycles. The normalized spacial score (nSPS) is 10.1. The Hall–Kier alpha value is -2.49. The van der Waals surface area contributed by atoms with Gasteiger partial charge in [-0.15, -0.1) is 0 Å². The van der Waals surface area contributed by atoms with E-state index < -0.39 is 5.97 Å². The fraction of sp³-hybridized carbons (Fsp3) is 0.278. The van der Waals surface area contributed by atoms with E-state index in [2.05, 4.69) is 6.92 Å². The van der Waals surface area contributed by atoms with Crippen molar-refractivity contribution in [3.8, 4) is 17.2 Å². The largest absolute Gasteiger partial charge is 0.497 e. The van der Waals surface area contributed by atoms with Gasteiger partial charge < -0.3 is 14.2 Å². The van der Waals surface area contributed by atoms with Gasteiger partial charge in [0.15, 0.2) is 0 Å². The molecule has 0 unspecified atom stereocenters. The van der Waals surface area contributed by atoms with Gasteiger partial charge in [-0.1, -0.05) is 19.4 Å². The van der Waals surface area contributed by atoms with Crippen LogP contribution in [0.1, 0.15) is 30.1 Å². The second-order valence-electron chi connectivity index (χ2n) is 4.79. The number of hydrogen-bond donors (Lipinski definition) is 0. The Morgan fingerprint density at radius 1 is 1.00 bits per heavy atom. The van der Waals surface area contributed by atoms with Gasteiger partial charge in [-0.2, -0.15) is 0 Å². The van der Waals surface area contributed by atoms with Gasteiger partial charge in [-0.05, 0) is 48.9 Å². The molecule has 0 radical (unpaired) electrons. The van der Waals surface area contributed by atoms with Crippen molar-refractivity contribution < 1.29 is 19.0 Å². The highest BCUT2D eigenvalue weighted by atomic mass is 16.5. The zero-order valence-corrected chi connectivity index (χ0v) is 12.9. The molecule has 0 amide bonds. The van der Waals surface area contributed by atoms with Crippen LogP contribution in [-0.4, -0.2) is 19.7 Å². The molecular weight excluding hydrogens is 280 g/mol. The van der Waals surface area contributed by atoms with Gasteiger partial charge in [0.25, 0.3) is 0 Å². The van der Waals surface area contributed by atoms with Crippen LogP contribution in [0.15, 0.2) is 48.5 Å². The molecule has 2 rings (SSSR count). The molecule has 22 heavy (non-hydrogen) atoms. The van der Waals surface area contributed by atoms with Gasteiger partial charge >= 0.3 is 5.97 Å². The molecule has 0 aliphatic rings. The van der Waals surface area contributed by atoms with Crippen LogP contribution in [0.5, 0.6) is 17.2 Å². The first kappa shape index (κ1) is 15.9. The summed E-state index contributed by atoms with van der Waals surface area (Å²) in [4.78, 5) is 12.1. The summed E-state index contributed by atoms with van der Waals surface area (Å²) >= 11 is 0. The molecule has 2 aromatic carbocycles. The zero-order valence-electron chi connectivity index (χ0n) is 12.9. The van der Waals surface area contributed by atoms with Gasteiger partial charge in [0.2, 0.25) is 0 Å². The number of rotatable bonds is 7. The van der Waals surface area contributed by atoms with E-state index in [-0.39, 0.29) is 0 Å². The average Bonchev–Trinajstić information content (AvgIpc) is 2.56. The standard InChI is InChI=1S/C18H20O4/c1-3-4-12-21-17-7-5-6-14(13-17)18(19)22-16-10-8-15(20-2)9-11-16/h5-11,13H,3-4,12H2,1-2H3. The summed E-state index contributed by atoms with van der Waals surface area (Å²) in [6.45, 7) is 2.75. The molecule has 4 heteroatoms. The number of carbonyl (C=O) groups is 1. The molecular formula is C18H20O4. The third-order valence-corrected chi connectivity index (χ3v) is 3.11. The molecule has 0 heterocycles. The number of esters is 1. The lowest BCUT2D eigenvalue weighted by Crippen LogP contribution is -2.08. The van der Waals surface area contributed by atoms with Gasteiger partial charge in [0.05, 0.1) is 19.3 Å². The van der Waals surface area contributed by atoms with E-state index in [0.29, 0.717) is 29.4 Å². The summed E-state index contributed by atoms with van der Waals surface area (Å²) in [5, 5.41) is 0. The molecule has 0 atom stereocenters. The van der Waals surface area contributed by atoms with E-state index >= 15 is 0 Å². The number of unbranched alkanes of at least 4 members (excludes halogenated alkanes) is 1. The van der Waals surface area contributed by atoms with E-state index in [1.54, 1.807) is 49.6 Å². The Morgan fingerprint density at radius 2 is 1.73 bits per heavy atom. The second-order valence-corrected chi connectivity index (χ2v) is 4.79. The van der Waals surface area contributed by atoms with Gasteiger partial charge in [-0.3, -0.25) is 0 Å². The van der Waals surface area contributed by atoms with Crippen molar-refractivity contribution in [2.45, 2.75) is 19.8 Å². The Morgan fingerprint density at radius 3 is 2.41 bits per heavy atom. The van der Waals surface area contributed by atoms with Gasteiger partial charge in [0.1, 0.15) is 17.2 Å². The van der Waals surface area contributed by atoms with Gasteiger partial charge in [-0.25, -0.2) is 4.79 Å².